The van der Waals surface area contributed by atoms with Gasteiger partial charge in [-0.15, -0.1) is 0 Å². The second-order valence-corrected chi connectivity index (χ2v) is 6.61. The number of methoxy groups -OCH3 is 1. The van der Waals surface area contributed by atoms with E-state index in [9.17, 15) is 0 Å². The van der Waals surface area contributed by atoms with Crippen molar-refractivity contribution < 1.29 is 4.74 Å². The molecule has 0 radical (unpaired) electrons. The van der Waals surface area contributed by atoms with Crippen LogP contribution in [0.1, 0.15) is 44.5 Å². The van der Waals surface area contributed by atoms with Crippen LogP contribution in [0.15, 0.2) is 30.5 Å². The van der Waals surface area contributed by atoms with Crippen LogP contribution in [0.2, 0.25) is 0 Å². The van der Waals surface area contributed by atoms with Crippen LogP contribution in [0.4, 0.5) is 5.95 Å². The standard InChI is InChI=1S/C17H23N3O/c1-17(2,3)15-11-20-14(9-10-18-16(20)19-15)12-5-7-13(21-4)8-6-12/h5-8,11,14H,9-10H2,1-4H3,(H,18,19). The van der Waals surface area contributed by atoms with E-state index in [4.69, 9.17) is 9.72 Å². The van der Waals surface area contributed by atoms with Gasteiger partial charge < -0.3 is 14.6 Å². The fourth-order valence-corrected chi connectivity index (χ4v) is 2.74. The molecule has 0 spiro atoms. The van der Waals surface area contributed by atoms with Crippen molar-refractivity contribution in [2.24, 2.45) is 0 Å². The van der Waals surface area contributed by atoms with Gasteiger partial charge in [-0.05, 0) is 24.1 Å². The molecule has 1 N–H and O–H groups in total. The first-order valence-electron chi connectivity index (χ1n) is 7.46. The van der Waals surface area contributed by atoms with E-state index in [0.29, 0.717) is 6.04 Å². The predicted molar refractivity (Wildman–Crippen MR) is 85.2 cm³/mol. The van der Waals surface area contributed by atoms with E-state index >= 15 is 0 Å². The molecule has 0 bridgehead atoms. The number of nitrogens with zero attached hydrogens (tertiary/aromatic N) is 2. The molecule has 1 atom stereocenters. The molecular formula is C17H23N3O. The first-order chi connectivity index (χ1) is 9.99. The zero-order valence-electron chi connectivity index (χ0n) is 13.2. The summed E-state index contributed by atoms with van der Waals surface area (Å²) in [5.74, 6) is 1.88. The minimum Gasteiger partial charge on any atom is -0.497 e. The van der Waals surface area contributed by atoms with Gasteiger partial charge in [0.15, 0.2) is 0 Å². The Morgan fingerprint density at radius 2 is 1.95 bits per heavy atom. The van der Waals surface area contributed by atoms with Gasteiger partial charge in [-0.2, -0.15) is 0 Å². The number of rotatable bonds is 2. The summed E-state index contributed by atoms with van der Waals surface area (Å²) in [6, 6.07) is 8.69. The Hall–Kier alpha value is -1.97. The average molecular weight is 285 g/mol. The average Bonchev–Trinajstić information content (AvgIpc) is 2.91. The lowest BCUT2D eigenvalue weighted by molar-refractivity contribution is 0.414. The highest BCUT2D eigenvalue weighted by atomic mass is 16.5. The smallest absolute Gasteiger partial charge is 0.203 e. The summed E-state index contributed by atoms with van der Waals surface area (Å²) < 4.78 is 7.51. The van der Waals surface area contributed by atoms with Crippen molar-refractivity contribution in [3.8, 4) is 5.75 Å². The van der Waals surface area contributed by atoms with Crippen LogP contribution in [0.5, 0.6) is 5.75 Å². The van der Waals surface area contributed by atoms with Gasteiger partial charge in [0.05, 0.1) is 18.8 Å². The van der Waals surface area contributed by atoms with Gasteiger partial charge in [-0.3, -0.25) is 0 Å². The van der Waals surface area contributed by atoms with Gasteiger partial charge in [0.1, 0.15) is 5.75 Å². The Bertz CT molecular complexity index is 622. The molecule has 112 valence electrons. The van der Waals surface area contributed by atoms with Gasteiger partial charge in [0.25, 0.3) is 0 Å². The zero-order chi connectivity index (χ0) is 15.0. The minimum absolute atomic E-state index is 0.0660. The molecule has 3 rings (SSSR count). The van der Waals surface area contributed by atoms with Crippen molar-refractivity contribution >= 4 is 5.95 Å². The van der Waals surface area contributed by atoms with Gasteiger partial charge in [0.2, 0.25) is 5.95 Å². The van der Waals surface area contributed by atoms with Crippen LogP contribution in [-0.2, 0) is 5.41 Å². The van der Waals surface area contributed by atoms with Crippen molar-refractivity contribution in [3.63, 3.8) is 0 Å². The summed E-state index contributed by atoms with van der Waals surface area (Å²) in [4.78, 5) is 4.76. The van der Waals surface area contributed by atoms with E-state index in [2.05, 4.69) is 49.0 Å². The van der Waals surface area contributed by atoms with Crippen LogP contribution in [0.3, 0.4) is 0 Å². The summed E-state index contributed by atoms with van der Waals surface area (Å²) in [5.41, 5.74) is 2.50. The normalized spacial score (nSPS) is 18.0. The molecule has 0 saturated heterocycles. The molecule has 0 fully saturated rings. The number of benzene rings is 1. The highest BCUT2D eigenvalue weighted by Gasteiger charge is 2.26. The van der Waals surface area contributed by atoms with Crippen molar-refractivity contribution in [2.45, 2.75) is 38.6 Å². The van der Waals surface area contributed by atoms with Gasteiger partial charge in [-0.25, -0.2) is 4.98 Å². The number of fused-ring (bicyclic) bond motifs is 1. The maximum Gasteiger partial charge on any atom is 0.203 e. The molecule has 4 nitrogen and oxygen atoms in total. The highest BCUT2D eigenvalue weighted by molar-refractivity contribution is 5.38. The molecule has 1 unspecified atom stereocenters. The summed E-state index contributed by atoms with van der Waals surface area (Å²) in [6.07, 6.45) is 3.26. The number of imidazole rings is 1. The third-order valence-electron chi connectivity index (χ3n) is 4.04. The minimum atomic E-state index is 0.0660. The molecule has 1 aliphatic heterocycles. The van der Waals surface area contributed by atoms with E-state index in [-0.39, 0.29) is 5.41 Å². The van der Waals surface area contributed by atoms with Gasteiger partial charge in [-0.1, -0.05) is 32.9 Å². The summed E-state index contributed by atoms with van der Waals surface area (Å²) in [7, 11) is 1.70. The van der Waals surface area contributed by atoms with E-state index in [1.165, 1.54) is 5.56 Å². The zero-order valence-corrected chi connectivity index (χ0v) is 13.2. The molecule has 21 heavy (non-hydrogen) atoms. The fourth-order valence-electron chi connectivity index (χ4n) is 2.74. The Kier molecular flexibility index (Phi) is 3.40. The second kappa shape index (κ2) is 5.10. The summed E-state index contributed by atoms with van der Waals surface area (Å²) in [6.45, 7) is 7.55. The number of nitrogens with one attached hydrogen (secondary N) is 1. The number of aromatic nitrogens is 2. The molecule has 1 aromatic heterocycles. The summed E-state index contributed by atoms with van der Waals surface area (Å²) in [5, 5.41) is 3.40. The fraction of sp³-hybridized carbons (Fsp3) is 0.471. The van der Waals surface area contributed by atoms with Gasteiger partial charge >= 0.3 is 0 Å². The molecule has 0 amide bonds. The van der Waals surface area contributed by atoms with Crippen molar-refractivity contribution in [2.75, 3.05) is 19.0 Å². The highest BCUT2D eigenvalue weighted by Crippen LogP contribution is 2.33. The Balaban J connectivity index is 1.97. The SMILES string of the molecule is COc1ccc(C2CCNc3nc(C(C)(C)C)cn32)cc1. The molecule has 1 aromatic carbocycles. The number of anilines is 1. The third-order valence-corrected chi connectivity index (χ3v) is 4.04. The number of ether oxygens (including phenoxy) is 1. The largest absolute Gasteiger partial charge is 0.497 e. The quantitative estimate of drug-likeness (QED) is 0.916. The summed E-state index contributed by atoms with van der Waals surface area (Å²) >= 11 is 0. The molecular weight excluding hydrogens is 262 g/mol. The van der Waals surface area contributed by atoms with Crippen molar-refractivity contribution in [1.29, 1.82) is 0 Å². The maximum absolute atomic E-state index is 5.24. The number of hydrogen-bond donors (Lipinski definition) is 1. The van der Waals surface area contributed by atoms with Crippen LogP contribution in [-0.4, -0.2) is 23.2 Å². The van der Waals surface area contributed by atoms with E-state index in [1.807, 2.05) is 12.1 Å². The predicted octanol–water partition coefficient (Wildman–Crippen LogP) is 3.59. The van der Waals surface area contributed by atoms with Crippen LogP contribution >= 0.6 is 0 Å². The van der Waals surface area contributed by atoms with Crippen LogP contribution < -0.4 is 10.1 Å². The first-order valence-corrected chi connectivity index (χ1v) is 7.46. The lowest BCUT2D eigenvalue weighted by Crippen LogP contribution is -2.23. The lowest BCUT2D eigenvalue weighted by Gasteiger charge is -2.26. The molecule has 2 heterocycles. The van der Waals surface area contributed by atoms with Crippen molar-refractivity contribution in [1.82, 2.24) is 9.55 Å². The van der Waals surface area contributed by atoms with E-state index < -0.39 is 0 Å². The van der Waals surface area contributed by atoms with Crippen molar-refractivity contribution in [3.05, 3.63) is 41.7 Å². The number of hydrogen-bond acceptors (Lipinski definition) is 3. The molecule has 1 aliphatic rings. The molecule has 0 aliphatic carbocycles. The second-order valence-electron chi connectivity index (χ2n) is 6.61. The van der Waals surface area contributed by atoms with Crippen LogP contribution in [0.25, 0.3) is 0 Å². The first kappa shape index (κ1) is 14.0. The molecule has 4 heteroatoms. The molecule has 2 aromatic rings. The molecule has 0 saturated carbocycles. The lowest BCUT2D eigenvalue weighted by atomic mass is 9.93. The van der Waals surface area contributed by atoms with E-state index in [1.54, 1.807) is 7.11 Å². The monoisotopic (exact) mass is 285 g/mol. The third kappa shape index (κ3) is 2.62. The van der Waals surface area contributed by atoms with E-state index in [0.717, 1.165) is 30.4 Å². The Morgan fingerprint density at radius 1 is 1.24 bits per heavy atom. The topological polar surface area (TPSA) is 39.1 Å². The van der Waals surface area contributed by atoms with Crippen LogP contribution in [0, 0.1) is 0 Å². The Morgan fingerprint density at radius 3 is 2.57 bits per heavy atom. The van der Waals surface area contributed by atoms with Gasteiger partial charge in [0, 0.05) is 18.2 Å². The Labute approximate surface area is 126 Å². The maximum atomic E-state index is 5.24.